The number of carbonyl (C=O) groups is 2. The van der Waals surface area contributed by atoms with E-state index in [0.29, 0.717) is 16.4 Å². The maximum Gasteiger partial charge on any atom is 0.343 e. The van der Waals surface area contributed by atoms with Crippen molar-refractivity contribution >= 4 is 33.8 Å². The number of nitrogens with two attached hydrogens (primary N) is 1. The van der Waals surface area contributed by atoms with Crippen molar-refractivity contribution < 1.29 is 14.3 Å². The van der Waals surface area contributed by atoms with E-state index in [-0.39, 0.29) is 17.0 Å². The van der Waals surface area contributed by atoms with Gasteiger partial charge in [0.1, 0.15) is 10.6 Å². The molecule has 0 atom stereocenters. The fraction of sp³-hybridized carbons (Fsp3) is 0.200. The monoisotopic (exact) mass is 304 g/mol. The minimum absolute atomic E-state index is 0.171. The van der Waals surface area contributed by atoms with Crippen LogP contribution in [0.15, 0.2) is 30.3 Å². The van der Waals surface area contributed by atoms with Gasteiger partial charge in [-0.3, -0.25) is 4.79 Å². The predicted octanol–water partition coefficient (Wildman–Crippen LogP) is 2.93. The first-order chi connectivity index (χ1) is 10.0. The fourth-order valence-electron chi connectivity index (χ4n) is 1.91. The number of ether oxygens (including phenoxy) is 1. The molecule has 0 unspecified atom stereocenters. The van der Waals surface area contributed by atoms with E-state index in [1.54, 1.807) is 0 Å². The van der Waals surface area contributed by atoms with Crippen LogP contribution in [0.3, 0.4) is 0 Å². The molecule has 0 aliphatic carbocycles. The molecule has 0 radical (unpaired) electrons. The Kier molecular flexibility index (Phi) is 4.59. The number of anilines is 2. The van der Waals surface area contributed by atoms with E-state index in [9.17, 15) is 9.59 Å². The summed E-state index contributed by atoms with van der Waals surface area (Å²) >= 11 is 1.17. The molecule has 0 aliphatic heterocycles. The highest BCUT2D eigenvalue weighted by molar-refractivity contribution is 7.19. The number of ketones is 1. The average molecular weight is 304 g/mol. The third kappa shape index (κ3) is 3.22. The SMILES string of the molecule is COC(=O)c1c(NCc2ccccc2)sc(C(C)=O)c1N. The van der Waals surface area contributed by atoms with Crippen LogP contribution in [0.4, 0.5) is 10.7 Å². The van der Waals surface area contributed by atoms with Crippen LogP contribution in [0.1, 0.15) is 32.5 Å². The summed E-state index contributed by atoms with van der Waals surface area (Å²) < 4.78 is 4.74. The van der Waals surface area contributed by atoms with E-state index in [1.807, 2.05) is 30.3 Å². The number of rotatable bonds is 5. The number of benzene rings is 1. The molecule has 0 saturated heterocycles. The smallest absolute Gasteiger partial charge is 0.343 e. The number of hydrogen-bond donors (Lipinski definition) is 2. The van der Waals surface area contributed by atoms with Gasteiger partial charge in [0.25, 0.3) is 0 Å². The fourth-order valence-corrected chi connectivity index (χ4v) is 2.91. The van der Waals surface area contributed by atoms with Crippen molar-refractivity contribution in [1.82, 2.24) is 0 Å². The van der Waals surface area contributed by atoms with Gasteiger partial charge in [-0.15, -0.1) is 11.3 Å². The highest BCUT2D eigenvalue weighted by Gasteiger charge is 2.24. The number of hydrogen-bond acceptors (Lipinski definition) is 6. The Morgan fingerprint density at radius 1 is 1.29 bits per heavy atom. The standard InChI is InChI=1S/C15H16N2O3S/c1-9(18)13-12(16)11(15(19)20-2)14(21-13)17-8-10-6-4-3-5-7-10/h3-7,17H,8,16H2,1-2H3. The second kappa shape index (κ2) is 6.41. The van der Waals surface area contributed by atoms with Gasteiger partial charge in [-0.1, -0.05) is 30.3 Å². The van der Waals surface area contributed by atoms with Crippen LogP contribution in [0.5, 0.6) is 0 Å². The van der Waals surface area contributed by atoms with Gasteiger partial charge < -0.3 is 15.8 Å². The second-order valence-corrected chi connectivity index (χ2v) is 5.46. The number of esters is 1. The molecule has 3 N–H and O–H groups in total. The van der Waals surface area contributed by atoms with E-state index in [0.717, 1.165) is 5.56 Å². The van der Waals surface area contributed by atoms with Crippen molar-refractivity contribution in [3.63, 3.8) is 0 Å². The Labute approximate surface area is 126 Å². The molecule has 0 fully saturated rings. The molecule has 0 aliphatic rings. The summed E-state index contributed by atoms with van der Waals surface area (Å²) in [7, 11) is 1.29. The third-order valence-electron chi connectivity index (χ3n) is 2.95. The molecular weight excluding hydrogens is 288 g/mol. The van der Waals surface area contributed by atoms with Crippen LogP contribution in [-0.4, -0.2) is 18.9 Å². The van der Waals surface area contributed by atoms with Crippen LogP contribution in [0.2, 0.25) is 0 Å². The van der Waals surface area contributed by atoms with Crippen molar-refractivity contribution in [2.45, 2.75) is 13.5 Å². The topological polar surface area (TPSA) is 81.4 Å². The summed E-state index contributed by atoms with van der Waals surface area (Å²) in [5.41, 5.74) is 7.36. The van der Waals surface area contributed by atoms with Crippen molar-refractivity contribution in [2.24, 2.45) is 0 Å². The van der Waals surface area contributed by atoms with Crippen LogP contribution >= 0.6 is 11.3 Å². The molecule has 1 aromatic heterocycles. The quantitative estimate of drug-likeness (QED) is 0.655. The van der Waals surface area contributed by atoms with Gasteiger partial charge >= 0.3 is 5.97 Å². The average Bonchev–Trinajstić information content (AvgIpc) is 2.82. The molecule has 6 heteroatoms. The molecule has 2 rings (SSSR count). The van der Waals surface area contributed by atoms with E-state index >= 15 is 0 Å². The van der Waals surface area contributed by atoms with Gasteiger partial charge in [-0.2, -0.15) is 0 Å². The molecule has 0 spiro atoms. The first kappa shape index (κ1) is 15.1. The number of Topliss-reactive ketones (excluding diaryl/α,β-unsaturated/α-hetero) is 1. The van der Waals surface area contributed by atoms with E-state index in [4.69, 9.17) is 10.5 Å². The maximum absolute atomic E-state index is 11.9. The van der Waals surface area contributed by atoms with Gasteiger partial charge in [-0.25, -0.2) is 4.79 Å². The van der Waals surface area contributed by atoms with Gasteiger partial charge in [-0.05, 0) is 5.56 Å². The first-order valence-corrected chi connectivity index (χ1v) is 7.15. The molecule has 2 aromatic rings. The van der Waals surface area contributed by atoms with E-state index in [2.05, 4.69) is 5.32 Å². The van der Waals surface area contributed by atoms with Gasteiger partial charge in [0.05, 0.1) is 17.7 Å². The van der Waals surface area contributed by atoms with Crippen LogP contribution in [0, 0.1) is 0 Å². The lowest BCUT2D eigenvalue weighted by Gasteiger charge is -2.06. The minimum Gasteiger partial charge on any atom is -0.465 e. The molecule has 0 bridgehead atoms. The van der Waals surface area contributed by atoms with Crippen molar-refractivity contribution in [1.29, 1.82) is 0 Å². The number of thiophene rings is 1. The largest absolute Gasteiger partial charge is 0.465 e. The number of carbonyl (C=O) groups excluding carboxylic acids is 2. The minimum atomic E-state index is -0.549. The summed E-state index contributed by atoms with van der Waals surface area (Å²) in [6.45, 7) is 1.95. The Balaban J connectivity index is 2.31. The zero-order valence-corrected chi connectivity index (χ0v) is 12.6. The lowest BCUT2D eigenvalue weighted by Crippen LogP contribution is -2.08. The lowest BCUT2D eigenvalue weighted by atomic mass is 10.2. The van der Waals surface area contributed by atoms with Crippen molar-refractivity contribution in [2.75, 3.05) is 18.2 Å². The van der Waals surface area contributed by atoms with Crippen LogP contribution in [-0.2, 0) is 11.3 Å². The Morgan fingerprint density at radius 2 is 1.95 bits per heavy atom. The Morgan fingerprint density at radius 3 is 2.52 bits per heavy atom. The summed E-state index contributed by atoms with van der Waals surface area (Å²) in [5, 5.41) is 3.70. The summed E-state index contributed by atoms with van der Waals surface area (Å²) in [6.07, 6.45) is 0. The Bertz CT molecular complexity index is 665. The molecule has 1 heterocycles. The van der Waals surface area contributed by atoms with Crippen molar-refractivity contribution in [3.05, 3.63) is 46.3 Å². The molecule has 5 nitrogen and oxygen atoms in total. The zero-order chi connectivity index (χ0) is 15.4. The molecule has 21 heavy (non-hydrogen) atoms. The van der Waals surface area contributed by atoms with Crippen LogP contribution in [0.25, 0.3) is 0 Å². The highest BCUT2D eigenvalue weighted by Crippen LogP contribution is 2.36. The van der Waals surface area contributed by atoms with Crippen LogP contribution < -0.4 is 11.1 Å². The molecule has 110 valence electrons. The molecular formula is C15H16N2O3S. The van der Waals surface area contributed by atoms with E-state index < -0.39 is 5.97 Å². The normalized spacial score (nSPS) is 10.2. The summed E-state index contributed by atoms with van der Waals surface area (Å²) in [6, 6.07) is 9.73. The number of methoxy groups -OCH3 is 1. The summed E-state index contributed by atoms with van der Waals surface area (Å²) in [5.74, 6) is -0.720. The van der Waals surface area contributed by atoms with Gasteiger partial charge in [0.15, 0.2) is 5.78 Å². The van der Waals surface area contributed by atoms with Gasteiger partial charge in [0.2, 0.25) is 0 Å². The zero-order valence-electron chi connectivity index (χ0n) is 11.8. The highest BCUT2D eigenvalue weighted by atomic mass is 32.1. The van der Waals surface area contributed by atoms with Crippen molar-refractivity contribution in [3.8, 4) is 0 Å². The first-order valence-electron chi connectivity index (χ1n) is 6.34. The third-order valence-corrected chi connectivity index (χ3v) is 4.21. The van der Waals surface area contributed by atoms with E-state index in [1.165, 1.54) is 25.4 Å². The number of nitrogens with one attached hydrogen (secondary N) is 1. The Hall–Kier alpha value is -2.34. The molecule has 0 saturated carbocycles. The number of nitrogen functional groups attached to an aromatic ring is 1. The second-order valence-electron chi connectivity index (χ2n) is 4.44. The van der Waals surface area contributed by atoms with Gasteiger partial charge in [0, 0.05) is 13.5 Å². The lowest BCUT2D eigenvalue weighted by molar-refractivity contribution is 0.0603. The molecule has 0 amide bonds. The predicted molar refractivity (Wildman–Crippen MR) is 83.8 cm³/mol. The maximum atomic E-state index is 11.9. The summed E-state index contributed by atoms with van der Waals surface area (Å²) in [4.78, 5) is 23.8. The molecule has 1 aromatic carbocycles.